The van der Waals surface area contributed by atoms with Gasteiger partial charge >= 0.3 is 15.6 Å². The summed E-state index contributed by atoms with van der Waals surface area (Å²) in [5, 5.41) is 10.9. The highest BCUT2D eigenvalue weighted by Gasteiger charge is 2.32. The molecule has 0 bridgehead atoms. The average Bonchev–Trinajstić information content (AvgIpc) is 2.35. The van der Waals surface area contributed by atoms with Crippen LogP contribution in [0.3, 0.4) is 0 Å². The van der Waals surface area contributed by atoms with Gasteiger partial charge in [0.15, 0.2) is 0 Å². The summed E-state index contributed by atoms with van der Waals surface area (Å²) in [4.78, 5) is 37.6. The van der Waals surface area contributed by atoms with E-state index in [-0.39, 0.29) is 17.9 Å². The van der Waals surface area contributed by atoms with Gasteiger partial charge in [0.25, 0.3) is 5.69 Å². The van der Waals surface area contributed by atoms with Crippen LogP contribution in [0.5, 0.6) is 0 Å². The van der Waals surface area contributed by atoms with E-state index in [4.69, 9.17) is 14.7 Å². The summed E-state index contributed by atoms with van der Waals surface area (Å²) in [5.41, 5.74) is 0.0865. The number of hydrogen-bond donors (Lipinski definition) is 3. The molecule has 3 N–H and O–H groups in total. The van der Waals surface area contributed by atoms with Gasteiger partial charge in [0.2, 0.25) is 0 Å². The highest BCUT2D eigenvalue weighted by Crippen LogP contribution is 2.57. The number of phosphoric ester groups is 1. The van der Waals surface area contributed by atoms with E-state index >= 15 is 0 Å². The van der Waals surface area contributed by atoms with Gasteiger partial charge in [-0.05, 0) is 6.07 Å². The zero-order chi connectivity index (χ0) is 17.0. The lowest BCUT2D eigenvalue weighted by atomic mass is 10.2. The molecular weight excluding hydrogens is 342 g/mol. The van der Waals surface area contributed by atoms with E-state index in [0.29, 0.717) is 0 Å². The fraction of sp³-hybridized carbons (Fsp3) is 0.333. The second-order valence-corrected chi connectivity index (χ2v) is 6.87. The van der Waals surface area contributed by atoms with Crippen LogP contribution in [0, 0.1) is 10.1 Å². The van der Waals surface area contributed by atoms with E-state index in [1.807, 2.05) is 0 Å². The largest absolute Gasteiger partial charge is 0.481 e. The van der Waals surface area contributed by atoms with Crippen molar-refractivity contribution in [2.75, 3.05) is 25.1 Å². The van der Waals surface area contributed by atoms with Crippen molar-refractivity contribution in [3.8, 4) is 0 Å². The minimum Gasteiger partial charge on any atom is -0.367 e. The Hall–Kier alpha value is -1.32. The van der Waals surface area contributed by atoms with E-state index in [2.05, 4.69) is 8.83 Å². The van der Waals surface area contributed by atoms with Crippen molar-refractivity contribution in [3.05, 3.63) is 34.4 Å². The fourth-order valence-electron chi connectivity index (χ4n) is 1.51. The van der Waals surface area contributed by atoms with Gasteiger partial charge in [-0.3, -0.25) is 14.6 Å². The molecule has 0 saturated heterocycles. The molecule has 1 aromatic carbocycles. The van der Waals surface area contributed by atoms with Gasteiger partial charge in [-0.2, -0.15) is 4.31 Å². The van der Waals surface area contributed by atoms with Crippen LogP contribution in [0.1, 0.15) is 0 Å². The lowest BCUT2D eigenvalue weighted by Gasteiger charge is -2.19. The number of nitro benzene ring substituents is 1. The van der Waals surface area contributed by atoms with E-state index in [1.165, 1.54) is 30.1 Å². The molecular formula is C9H14N2O9P2. The second-order valence-electron chi connectivity index (χ2n) is 4.04. The molecule has 0 spiro atoms. The molecule has 22 heavy (non-hydrogen) atoms. The number of phosphoric acid groups is 2. The Balaban J connectivity index is 2.64. The standard InChI is InChI=1S/C9H14N2O9P2/c1-10(8-4-2-3-5-9(8)11(12)13)6-7-19-22(17,18)20-21(14,15)16/h2-5H,6-7H2,1H3,(H,17,18)(H2,14,15,16). The Kier molecular flexibility index (Phi) is 6.21. The summed E-state index contributed by atoms with van der Waals surface area (Å²) < 4.78 is 29.7. The number of anilines is 1. The average molecular weight is 356 g/mol. The van der Waals surface area contributed by atoms with Crippen molar-refractivity contribution >= 4 is 27.0 Å². The minimum atomic E-state index is -5.17. The highest BCUT2D eigenvalue weighted by atomic mass is 31.3. The van der Waals surface area contributed by atoms with Crippen molar-refractivity contribution in [1.29, 1.82) is 0 Å². The molecule has 1 rings (SSSR count). The Labute approximate surface area is 125 Å². The van der Waals surface area contributed by atoms with Crippen molar-refractivity contribution in [3.63, 3.8) is 0 Å². The SMILES string of the molecule is CN(CCOP(=O)(O)OP(=O)(O)O)c1ccccc1[N+](=O)[O-]. The fourth-order valence-corrected chi connectivity index (χ4v) is 3.09. The van der Waals surface area contributed by atoms with Gasteiger partial charge in [-0.1, -0.05) is 12.1 Å². The van der Waals surface area contributed by atoms with Gasteiger partial charge in [-0.15, -0.1) is 0 Å². The van der Waals surface area contributed by atoms with Crippen molar-refractivity contribution < 1.29 is 37.6 Å². The smallest absolute Gasteiger partial charge is 0.367 e. The Bertz CT molecular complexity index is 631. The summed E-state index contributed by atoms with van der Waals surface area (Å²) >= 11 is 0. The van der Waals surface area contributed by atoms with Gasteiger partial charge in [0, 0.05) is 19.7 Å². The van der Waals surface area contributed by atoms with Crippen LogP contribution in [-0.2, 0) is 18.0 Å². The first-order valence-electron chi connectivity index (χ1n) is 5.70. The minimum absolute atomic E-state index is 0.0556. The zero-order valence-corrected chi connectivity index (χ0v) is 13.1. The van der Waals surface area contributed by atoms with Crippen LogP contribution >= 0.6 is 15.6 Å². The Morgan fingerprint density at radius 2 is 1.86 bits per heavy atom. The van der Waals surface area contributed by atoms with Crippen molar-refractivity contribution in [1.82, 2.24) is 0 Å². The third-order valence-corrected chi connectivity index (χ3v) is 4.57. The maximum absolute atomic E-state index is 11.2. The van der Waals surface area contributed by atoms with Crippen LogP contribution in [0.15, 0.2) is 24.3 Å². The first kappa shape index (κ1) is 18.7. The third kappa shape index (κ3) is 6.20. The predicted molar refractivity (Wildman–Crippen MR) is 75.3 cm³/mol. The molecule has 11 nitrogen and oxygen atoms in total. The molecule has 0 heterocycles. The van der Waals surface area contributed by atoms with Gasteiger partial charge in [0.1, 0.15) is 5.69 Å². The number of benzene rings is 1. The first-order chi connectivity index (χ1) is 10.0. The molecule has 0 aromatic heterocycles. The van der Waals surface area contributed by atoms with Crippen molar-refractivity contribution in [2.45, 2.75) is 0 Å². The molecule has 0 aliphatic carbocycles. The topological polar surface area (TPSA) is 160 Å². The van der Waals surface area contributed by atoms with E-state index in [9.17, 15) is 19.2 Å². The summed E-state index contributed by atoms with van der Waals surface area (Å²) in [6.07, 6.45) is 0. The molecule has 0 aliphatic rings. The quantitative estimate of drug-likeness (QED) is 0.351. The monoisotopic (exact) mass is 356 g/mol. The molecule has 1 aromatic rings. The van der Waals surface area contributed by atoms with Crippen LogP contribution in [-0.4, -0.2) is 39.8 Å². The van der Waals surface area contributed by atoms with Crippen LogP contribution in [0.2, 0.25) is 0 Å². The molecule has 0 radical (unpaired) electrons. The molecule has 13 heteroatoms. The normalized spacial score (nSPS) is 14.4. The van der Waals surface area contributed by atoms with E-state index < -0.39 is 27.2 Å². The molecule has 0 amide bonds. The Morgan fingerprint density at radius 1 is 1.27 bits per heavy atom. The lowest BCUT2D eigenvalue weighted by molar-refractivity contribution is -0.384. The van der Waals surface area contributed by atoms with Crippen LogP contribution in [0.4, 0.5) is 11.4 Å². The third-order valence-electron chi connectivity index (χ3n) is 2.38. The summed E-state index contributed by atoms with van der Waals surface area (Å²) in [7, 11) is -8.60. The highest BCUT2D eigenvalue weighted by molar-refractivity contribution is 7.60. The summed E-state index contributed by atoms with van der Waals surface area (Å²) in [5.74, 6) is 0. The molecule has 0 saturated carbocycles. The maximum Gasteiger partial charge on any atom is 0.481 e. The number of nitrogens with zero attached hydrogens (tertiary/aromatic N) is 2. The molecule has 0 fully saturated rings. The van der Waals surface area contributed by atoms with Gasteiger partial charge in [-0.25, -0.2) is 9.13 Å². The number of para-hydroxylation sites is 2. The lowest BCUT2D eigenvalue weighted by Crippen LogP contribution is -2.23. The Morgan fingerprint density at radius 3 is 2.41 bits per heavy atom. The van der Waals surface area contributed by atoms with E-state index in [1.54, 1.807) is 6.07 Å². The number of nitro groups is 1. The maximum atomic E-state index is 11.2. The van der Waals surface area contributed by atoms with Crippen LogP contribution < -0.4 is 4.90 Å². The molecule has 1 unspecified atom stereocenters. The number of likely N-dealkylation sites (N-methyl/N-ethyl adjacent to an activating group) is 1. The molecule has 0 aliphatic heterocycles. The van der Waals surface area contributed by atoms with Crippen molar-refractivity contribution in [2.24, 2.45) is 0 Å². The van der Waals surface area contributed by atoms with Gasteiger partial charge < -0.3 is 19.6 Å². The molecule has 124 valence electrons. The number of hydrogen-bond acceptors (Lipinski definition) is 7. The van der Waals surface area contributed by atoms with Gasteiger partial charge in [0.05, 0.1) is 11.5 Å². The number of rotatable bonds is 8. The van der Waals surface area contributed by atoms with Crippen LogP contribution in [0.25, 0.3) is 0 Å². The second kappa shape index (κ2) is 7.30. The van der Waals surface area contributed by atoms with E-state index in [0.717, 1.165) is 0 Å². The first-order valence-corrected chi connectivity index (χ1v) is 8.73. The zero-order valence-electron chi connectivity index (χ0n) is 11.3. The summed E-state index contributed by atoms with van der Waals surface area (Å²) in [6, 6.07) is 5.83. The predicted octanol–water partition coefficient (Wildman–Crippen LogP) is 1.26. The summed E-state index contributed by atoms with van der Waals surface area (Å²) in [6.45, 7) is -0.504. The molecule has 1 atom stereocenters.